The van der Waals surface area contributed by atoms with Crippen LogP contribution >= 0.6 is 0 Å². The second-order valence-corrected chi connectivity index (χ2v) is 17.6. The second kappa shape index (κ2) is 17.0. The van der Waals surface area contributed by atoms with Crippen molar-refractivity contribution in [2.24, 2.45) is 23.7 Å². The highest BCUT2D eigenvalue weighted by molar-refractivity contribution is 5.89. The number of ether oxygens (including phenoxy) is 2. The largest absolute Gasteiger partial charge is 0.453 e. The van der Waals surface area contributed by atoms with Crippen LogP contribution in [-0.4, -0.2) is 93.1 Å². The second-order valence-electron chi connectivity index (χ2n) is 17.6. The quantitative estimate of drug-likeness (QED) is 0.110. The molecule has 2 saturated heterocycles. The fourth-order valence-corrected chi connectivity index (χ4v) is 9.00. The molecule has 318 valence electrons. The Labute approximate surface area is 351 Å². The maximum absolute atomic E-state index is 13.8. The van der Waals surface area contributed by atoms with E-state index < -0.39 is 24.3 Å². The Morgan fingerprint density at radius 2 is 1.03 bits per heavy atom. The third-order valence-corrected chi connectivity index (χ3v) is 12.2. The van der Waals surface area contributed by atoms with Crippen molar-refractivity contribution in [1.29, 1.82) is 0 Å². The Morgan fingerprint density at radius 1 is 0.650 bits per heavy atom. The molecule has 3 aromatic carbocycles. The van der Waals surface area contributed by atoms with Crippen LogP contribution in [-0.2, 0) is 19.1 Å². The van der Waals surface area contributed by atoms with Gasteiger partial charge in [-0.2, -0.15) is 0 Å². The Morgan fingerprint density at radius 3 is 1.38 bits per heavy atom. The molecule has 0 aliphatic carbocycles. The van der Waals surface area contributed by atoms with E-state index in [1.165, 1.54) is 14.2 Å². The van der Waals surface area contributed by atoms with Crippen LogP contribution < -0.4 is 10.6 Å². The molecule has 4 N–H and O–H groups in total. The Kier molecular flexibility index (Phi) is 11.9. The van der Waals surface area contributed by atoms with Gasteiger partial charge in [0.25, 0.3) is 0 Å². The van der Waals surface area contributed by atoms with Gasteiger partial charge in [0, 0.05) is 13.1 Å². The van der Waals surface area contributed by atoms with Crippen molar-refractivity contribution >= 4 is 46.1 Å². The highest BCUT2D eigenvalue weighted by Gasteiger charge is 2.41. The van der Waals surface area contributed by atoms with Crippen LogP contribution in [0.2, 0.25) is 0 Å². The summed E-state index contributed by atoms with van der Waals surface area (Å²) in [5.74, 6) is 1.48. The van der Waals surface area contributed by atoms with E-state index in [0.717, 1.165) is 79.9 Å². The first-order valence-electron chi connectivity index (χ1n) is 21.0. The predicted molar refractivity (Wildman–Crippen MR) is 231 cm³/mol. The minimum absolute atomic E-state index is 0.121. The maximum atomic E-state index is 13.8. The number of nitrogens with one attached hydrogen (secondary N) is 4. The van der Waals surface area contributed by atoms with E-state index in [-0.39, 0.29) is 47.6 Å². The van der Waals surface area contributed by atoms with Crippen molar-refractivity contribution in [1.82, 2.24) is 40.4 Å². The Bertz CT molecular complexity index is 2270. The van der Waals surface area contributed by atoms with Crippen molar-refractivity contribution in [3.05, 3.63) is 71.3 Å². The number of carbonyl (C=O) groups excluding carboxylic acids is 4. The number of benzene rings is 3. The van der Waals surface area contributed by atoms with Gasteiger partial charge < -0.3 is 39.9 Å². The molecule has 7 rings (SSSR count). The van der Waals surface area contributed by atoms with Gasteiger partial charge in [-0.25, -0.2) is 19.6 Å². The molecule has 0 unspecified atom stereocenters. The average molecular weight is 819 g/mol. The number of rotatable bonds is 10. The van der Waals surface area contributed by atoms with Crippen LogP contribution in [0.4, 0.5) is 9.59 Å². The summed E-state index contributed by atoms with van der Waals surface area (Å²) in [6, 6.07) is 15.0. The number of hydrogen-bond acceptors (Lipinski definition) is 8. The molecule has 0 saturated carbocycles. The number of alkyl carbamates (subject to hydrolysis) is 2. The average Bonchev–Trinajstić information content (AvgIpc) is 4.02. The highest BCUT2D eigenvalue weighted by atomic mass is 16.5. The fourth-order valence-electron chi connectivity index (χ4n) is 9.00. The van der Waals surface area contributed by atoms with Crippen LogP contribution in [0.1, 0.15) is 89.2 Å². The minimum atomic E-state index is -0.708. The first-order valence-corrected chi connectivity index (χ1v) is 21.0. The third kappa shape index (κ3) is 8.28. The fraction of sp³-hybridized carbons (Fsp3) is 0.478. The molecule has 6 atom stereocenters. The molecule has 60 heavy (non-hydrogen) atoms. The normalized spacial score (nSPS) is 20.3. The SMILES string of the molecule is COC(=O)N[C@H](C(=O)N1C[C@@H](C)C[C@H]1c1nc2ccc(-c3cc(C)c(-c4ccc5nc([C@@H]6C[C@H](C)CN6C(=O)[C@@H](NC(=O)OC)C(C)C)[nH]c5c4)cc3C)cc2[nH]1)C(C)C. The lowest BCUT2D eigenvalue weighted by molar-refractivity contribution is -0.136. The highest BCUT2D eigenvalue weighted by Crippen LogP contribution is 2.39. The summed E-state index contributed by atoms with van der Waals surface area (Å²) in [5, 5.41) is 5.46. The van der Waals surface area contributed by atoms with E-state index in [1.807, 2.05) is 49.6 Å². The number of H-pyrrole nitrogens is 2. The Balaban J connectivity index is 1.13. The molecule has 14 heteroatoms. The summed E-state index contributed by atoms with van der Waals surface area (Å²) in [7, 11) is 2.59. The van der Waals surface area contributed by atoms with Gasteiger partial charge in [0.2, 0.25) is 11.8 Å². The monoisotopic (exact) mass is 818 g/mol. The van der Waals surface area contributed by atoms with Crippen LogP contribution in [0, 0.1) is 37.5 Å². The van der Waals surface area contributed by atoms with Crippen molar-refractivity contribution in [3.63, 3.8) is 0 Å². The summed E-state index contributed by atoms with van der Waals surface area (Å²) >= 11 is 0. The summed E-state index contributed by atoms with van der Waals surface area (Å²) in [4.78, 5) is 72.6. The van der Waals surface area contributed by atoms with Gasteiger partial charge in [0.15, 0.2) is 0 Å². The zero-order chi connectivity index (χ0) is 43.2. The molecular formula is C46H58N8O6. The van der Waals surface area contributed by atoms with Crippen LogP contribution in [0.3, 0.4) is 0 Å². The topological polar surface area (TPSA) is 175 Å². The van der Waals surface area contributed by atoms with Crippen LogP contribution in [0.25, 0.3) is 44.3 Å². The smallest absolute Gasteiger partial charge is 0.407 e. The molecule has 2 fully saturated rings. The lowest BCUT2D eigenvalue weighted by Gasteiger charge is -2.30. The summed E-state index contributed by atoms with van der Waals surface area (Å²) < 4.78 is 9.62. The van der Waals surface area contributed by atoms with Crippen LogP contribution in [0.5, 0.6) is 0 Å². The zero-order valence-electron chi connectivity index (χ0n) is 36.3. The van der Waals surface area contributed by atoms with E-state index >= 15 is 0 Å². The lowest BCUT2D eigenvalue weighted by Crippen LogP contribution is -2.51. The van der Waals surface area contributed by atoms with Crippen molar-refractivity contribution in [2.75, 3.05) is 27.3 Å². The number of carbonyl (C=O) groups is 4. The molecule has 0 spiro atoms. The number of fused-ring (bicyclic) bond motifs is 2. The van der Waals surface area contributed by atoms with Crippen LogP contribution in [0.15, 0.2) is 48.5 Å². The van der Waals surface area contributed by atoms with E-state index in [2.05, 4.69) is 84.7 Å². The minimum Gasteiger partial charge on any atom is -0.453 e. The predicted octanol–water partition coefficient (Wildman–Crippen LogP) is 7.97. The number of aromatic nitrogens is 4. The number of aryl methyl sites for hydroxylation is 2. The molecule has 0 bridgehead atoms. The first kappa shape index (κ1) is 42.2. The third-order valence-electron chi connectivity index (χ3n) is 12.2. The molecule has 4 heterocycles. The van der Waals surface area contributed by atoms with E-state index in [1.54, 1.807) is 0 Å². The molecule has 4 amide bonds. The molecule has 2 aliphatic heterocycles. The van der Waals surface area contributed by atoms with Crippen molar-refractivity contribution in [2.45, 2.75) is 92.4 Å². The molecule has 2 aromatic heterocycles. The number of imidazole rings is 2. The van der Waals surface area contributed by atoms with Gasteiger partial charge in [0.1, 0.15) is 23.7 Å². The number of methoxy groups -OCH3 is 2. The number of likely N-dealkylation sites (tertiary alicyclic amines) is 2. The molecule has 5 aromatic rings. The first-order chi connectivity index (χ1) is 28.6. The van der Waals surface area contributed by atoms with Gasteiger partial charge in [-0.15, -0.1) is 0 Å². The number of hydrogen-bond donors (Lipinski definition) is 4. The molecule has 2 aliphatic rings. The van der Waals surface area contributed by atoms with E-state index in [4.69, 9.17) is 19.4 Å². The number of nitrogens with zero attached hydrogens (tertiary/aromatic N) is 4. The Hall–Kier alpha value is -5.92. The summed E-state index contributed by atoms with van der Waals surface area (Å²) in [6.07, 6.45) is 0.275. The van der Waals surface area contributed by atoms with Crippen molar-refractivity contribution < 1.29 is 28.7 Å². The van der Waals surface area contributed by atoms with Gasteiger partial charge in [-0.3, -0.25) is 9.59 Å². The standard InChI is InChI=1S/C46H58N8O6/c1-23(2)39(51-45(57)59-9)43(55)53-21-25(5)15-37(53)41-47-33-13-11-29(19-35(33)49-41)31-17-28(8)32(18-27(31)7)30-12-14-34-36(20-30)50-42(48-34)38-16-26(6)22-54(38)44(56)40(24(3)4)52-46(58)60-10/h11-14,17-20,23-26,37-40H,15-16,21-22H2,1-10H3,(H,47,49)(H,48,50)(H,51,57)(H,52,58)/t25-,26-,37-,38-,39-,40-/m0/s1. The van der Waals surface area contributed by atoms with Crippen molar-refractivity contribution in [3.8, 4) is 22.3 Å². The summed E-state index contributed by atoms with van der Waals surface area (Å²) in [5.41, 5.74) is 10.00. The van der Waals surface area contributed by atoms with E-state index in [9.17, 15) is 19.2 Å². The van der Waals surface area contributed by atoms with E-state index in [0.29, 0.717) is 13.1 Å². The number of aromatic amines is 2. The van der Waals surface area contributed by atoms with Gasteiger partial charge >= 0.3 is 12.2 Å². The molecule has 0 radical (unpaired) electrons. The van der Waals surface area contributed by atoms with Gasteiger partial charge in [0.05, 0.1) is 48.4 Å². The lowest BCUT2D eigenvalue weighted by atomic mass is 9.91. The molecular weight excluding hydrogens is 761 g/mol. The van der Waals surface area contributed by atoms with Gasteiger partial charge in [-0.05, 0) is 108 Å². The maximum Gasteiger partial charge on any atom is 0.407 e. The molecule has 14 nitrogen and oxygen atoms in total. The summed E-state index contributed by atoms with van der Waals surface area (Å²) in [6.45, 7) is 17.3. The number of amides is 4. The van der Waals surface area contributed by atoms with Gasteiger partial charge in [-0.1, -0.05) is 65.8 Å². The zero-order valence-corrected chi connectivity index (χ0v) is 36.3.